The number of ether oxygens (including phenoxy) is 2. The molecule has 0 saturated carbocycles. The molecular formula is C35H60O6. The van der Waals surface area contributed by atoms with Gasteiger partial charge in [-0.3, -0.25) is 9.59 Å². The van der Waals surface area contributed by atoms with Crippen LogP contribution in [-0.2, 0) is 19.1 Å². The Bertz CT molecular complexity index is 722. The van der Waals surface area contributed by atoms with Crippen molar-refractivity contribution in [1.82, 2.24) is 0 Å². The summed E-state index contributed by atoms with van der Waals surface area (Å²) in [5.41, 5.74) is 0. The van der Waals surface area contributed by atoms with Gasteiger partial charge in [0.05, 0.1) is 0 Å². The lowest BCUT2D eigenvalue weighted by Crippen LogP contribution is -2.25. The molecule has 0 aromatic heterocycles. The monoisotopic (exact) mass is 576 g/mol. The molecule has 1 atom stereocenters. The summed E-state index contributed by atoms with van der Waals surface area (Å²) in [6.45, 7) is 4.50. The summed E-state index contributed by atoms with van der Waals surface area (Å²) in [6, 6.07) is 0. The van der Waals surface area contributed by atoms with Gasteiger partial charge < -0.3 is 19.7 Å². The topological polar surface area (TPSA) is 93.1 Å². The van der Waals surface area contributed by atoms with Crippen molar-refractivity contribution < 1.29 is 29.3 Å². The molecule has 0 rings (SSSR count). The van der Waals surface area contributed by atoms with E-state index in [1.807, 2.05) is 0 Å². The Balaban J connectivity index is 3.60. The fourth-order valence-electron chi connectivity index (χ4n) is 4.06. The molecule has 0 aromatic rings. The highest BCUT2D eigenvalue weighted by Gasteiger charge is 2.11. The van der Waals surface area contributed by atoms with Crippen LogP contribution in [0, 0.1) is 5.92 Å². The summed E-state index contributed by atoms with van der Waals surface area (Å²) in [5.74, 6) is 0.116. The number of rotatable bonds is 28. The van der Waals surface area contributed by atoms with Gasteiger partial charge in [0.15, 0.2) is 0 Å². The van der Waals surface area contributed by atoms with E-state index in [4.69, 9.17) is 14.6 Å². The first kappa shape index (κ1) is 38.8. The third-order valence-electron chi connectivity index (χ3n) is 6.55. The Labute approximate surface area is 251 Å². The van der Waals surface area contributed by atoms with Gasteiger partial charge in [0.1, 0.15) is 19.3 Å². The molecule has 41 heavy (non-hydrogen) atoms. The van der Waals surface area contributed by atoms with Gasteiger partial charge in [0.25, 0.3) is 0 Å². The molecule has 6 heteroatoms. The predicted molar refractivity (Wildman–Crippen MR) is 170 cm³/mol. The second-order valence-electron chi connectivity index (χ2n) is 11.1. The van der Waals surface area contributed by atoms with Crippen LogP contribution in [0.3, 0.4) is 0 Å². The predicted octanol–water partition coefficient (Wildman–Crippen LogP) is 8.33. The fourth-order valence-corrected chi connectivity index (χ4v) is 4.06. The molecule has 0 heterocycles. The lowest BCUT2D eigenvalue weighted by atomic mass is 10.0. The summed E-state index contributed by atoms with van der Waals surface area (Å²) in [5, 5.41) is 18.7. The number of hydrogen-bond donors (Lipinski definition) is 2. The molecule has 0 radical (unpaired) electrons. The minimum Gasteiger partial charge on any atom is -0.463 e. The van der Waals surface area contributed by atoms with Crippen molar-refractivity contribution in [3.63, 3.8) is 0 Å². The Hall–Kier alpha value is -2.18. The van der Waals surface area contributed by atoms with Crippen molar-refractivity contribution in [2.45, 2.75) is 136 Å². The quantitative estimate of drug-likeness (QED) is 0.0552. The maximum Gasteiger partial charge on any atom is 0.305 e. The molecule has 2 N–H and O–H groups in total. The second kappa shape index (κ2) is 30.8. The molecule has 0 aliphatic carbocycles. The zero-order valence-electron chi connectivity index (χ0n) is 26.2. The highest BCUT2D eigenvalue weighted by Crippen LogP contribution is 2.12. The normalized spacial score (nSPS) is 12.9. The van der Waals surface area contributed by atoms with Crippen molar-refractivity contribution in [2.75, 3.05) is 19.8 Å². The lowest BCUT2D eigenvalue weighted by Gasteiger charge is -2.12. The van der Waals surface area contributed by atoms with Crippen molar-refractivity contribution in [2.24, 2.45) is 5.92 Å². The lowest BCUT2D eigenvalue weighted by molar-refractivity contribution is -0.152. The minimum absolute atomic E-state index is 0.142. The third kappa shape index (κ3) is 32.2. The van der Waals surface area contributed by atoms with E-state index in [0.717, 1.165) is 76.5 Å². The molecule has 0 saturated heterocycles. The summed E-state index contributed by atoms with van der Waals surface area (Å²) >= 11 is 0. The number of hydrogen-bond acceptors (Lipinski definition) is 6. The van der Waals surface area contributed by atoms with E-state index in [9.17, 15) is 14.7 Å². The van der Waals surface area contributed by atoms with Gasteiger partial charge in [-0.05, 0) is 63.7 Å². The molecule has 0 fully saturated rings. The van der Waals surface area contributed by atoms with Crippen molar-refractivity contribution in [3.8, 4) is 0 Å². The molecule has 0 aliphatic rings. The van der Waals surface area contributed by atoms with Crippen molar-refractivity contribution in [1.29, 1.82) is 0 Å². The zero-order chi connectivity index (χ0) is 30.2. The van der Waals surface area contributed by atoms with Crippen LogP contribution in [0.1, 0.15) is 129 Å². The van der Waals surface area contributed by atoms with E-state index in [1.165, 1.54) is 25.7 Å². The van der Waals surface area contributed by atoms with E-state index >= 15 is 0 Å². The maximum atomic E-state index is 11.9. The van der Waals surface area contributed by atoms with Crippen LogP contribution in [0.15, 0.2) is 48.6 Å². The molecule has 6 nitrogen and oxygen atoms in total. The summed E-state index contributed by atoms with van der Waals surface area (Å²) in [6.07, 6.45) is 33.3. The number of carbonyl (C=O) groups is 2. The van der Waals surface area contributed by atoms with Crippen LogP contribution in [0.2, 0.25) is 0 Å². The molecule has 0 unspecified atom stereocenters. The number of aliphatic hydroxyl groups is 2. The Morgan fingerprint density at radius 1 is 0.585 bits per heavy atom. The van der Waals surface area contributed by atoms with Gasteiger partial charge in [-0.1, -0.05) is 107 Å². The largest absolute Gasteiger partial charge is 0.463 e. The number of esters is 2. The zero-order valence-corrected chi connectivity index (χ0v) is 26.2. The highest BCUT2D eigenvalue weighted by atomic mass is 16.6. The summed E-state index contributed by atoms with van der Waals surface area (Å²) in [7, 11) is 0. The second-order valence-corrected chi connectivity index (χ2v) is 11.1. The van der Waals surface area contributed by atoms with Crippen LogP contribution in [-0.4, -0.2) is 48.1 Å². The summed E-state index contributed by atoms with van der Waals surface area (Å²) in [4.78, 5) is 23.7. The van der Waals surface area contributed by atoms with Gasteiger partial charge in [-0.15, -0.1) is 0 Å². The van der Waals surface area contributed by atoms with E-state index in [0.29, 0.717) is 25.9 Å². The van der Waals surface area contributed by atoms with Crippen molar-refractivity contribution >= 4 is 11.9 Å². The first-order valence-electron chi connectivity index (χ1n) is 16.2. The Morgan fingerprint density at radius 3 is 1.56 bits per heavy atom. The van der Waals surface area contributed by atoms with Crippen LogP contribution in [0.4, 0.5) is 0 Å². The molecule has 0 bridgehead atoms. The molecule has 0 amide bonds. The molecular weight excluding hydrogens is 516 g/mol. The number of unbranched alkanes of at least 4 members (excludes halogenated alkanes) is 9. The van der Waals surface area contributed by atoms with Crippen LogP contribution < -0.4 is 0 Å². The van der Waals surface area contributed by atoms with E-state index in [-0.39, 0.29) is 25.2 Å². The molecule has 0 spiro atoms. The van der Waals surface area contributed by atoms with E-state index < -0.39 is 6.10 Å². The van der Waals surface area contributed by atoms with Crippen LogP contribution in [0.5, 0.6) is 0 Å². The Kier molecular flexibility index (Phi) is 29.1. The fraction of sp³-hybridized carbons (Fsp3) is 0.714. The summed E-state index contributed by atoms with van der Waals surface area (Å²) < 4.78 is 10.2. The highest BCUT2D eigenvalue weighted by molar-refractivity contribution is 5.69. The van der Waals surface area contributed by atoms with E-state index in [1.54, 1.807) is 0 Å². The van der Waals surface area contributed by atoms with Gasteiger partial charge in [0, 0.05) is 19.4 Å². The number of carbonyl (C=O) groups excluding carboxylic acids is 2. The van der Waals surface area contributed by atoms with Gasteiger partial charge >= 0.3 is 11.9 Å². The smallest absolute Gasteiger partial charge is 0.305 e. The maximum absolute atomic E-state index is 11.9. The number of allylic oxidation sites excluding steroid dienone is 8. The standard InChI is InChI=1S/C35H60O6/c1-32(2)26-22-18-15-16-20-24-28-35(39)41-31-33(37)30-40-34(38)27-23-19-14-12-10-8-6-4-3-5-7-9-11-13-17-21-25-29-36/h3,5-6,8-9,11-12,14,32-33,36-37H,4,7,10,13,15-31H2,1-2H3/b5-3-,8-6-,11-9-,14-12-/t33-/m0/s1. The van der Waals surface area contributed by atoms with Crippen LogP contribution >= 0.6 is 0 Å². The molecule has 0 aliphatic heterocycles. The van der Waals surface area contributed by atoms with Crippen LogP contribution in [0.25, 0.3) is 0 Å². The number of aliphatic hydroxyl groups excluding tert-OH is 2. The first-order chi connectivity index (χ1) is 20.0. The average Bonchev–Trinajstić information content (AvgIpc) is 2.95. The van der Waals surface area contributed by atoms with E-state index in [2.05, 4.69) is 62.5 Å². The van der Waals surface area contributed by atoms with Gasteiger partial charge in [-0.2, -0.15) is 0 Å². The SMILES string of the molecule is CC(C)CCCCCCCCC(=O)OC[C@@H](O)COC(=O)CCC/C=C\C/C=C\C/C=C\C/C=C\CCCCCO. The van der Waals surface area contributed by atoms with Gasteiger partial charge in [-0.25, -0.2) is 0 Å². The minimum atomic E-state index is -0.991. The van der Waals surface area contributed by atoms with Gasteiger partial charge in [0.2, 0.25) is 0 Å². The third-order valence-corrected chi connectivity index (χ3v) is 6.55. The molecule has 0 aromatic carbocycles. The average molecular weight is 577 g/mol. The first-order valence-corrected chi connectivity index (χ1v) is 16.2. The van der Waals surface area contributed by atoms with Crippen molar-refractivity contribution in [3.05, 3.63) is 48.6 Å². The molecule has 236 valence electrons. The Morgan fingerprint density at radius 2 is 1.02 bits per heavy atom.